The molecule has 6 heteroatoms. The molecule has 0 radical (unpaired) electrons. The van der Waals surface area contributed by atoms with E-state index in [9.17, 15) is 9.59 Å². The van der Waals surface area contributed by atoms with Crippen molar-refractivity contribution in [1.29, 1.82) is 0 Å². The molecule has 6 nitrogen and oxygen atoms in total. The number of rotatable bonds is 7. The Morgan fingerprint density at radius 1 is 1.33 bits per heavy atom. The molecule has 1 aliphatic heterocycles. The fourth-order valence-corrected chi connectivity index (χ4v) is 2.27. The molecule has 2 rings (SSSR count). The number of benzene rings is 1. The van der Waals surface area contributed by atoms with Crippen LogP contribution in [0.2, 0.25) is 0 Å². The summed E-state index contributed by atoms with van der Waals surface area (Å²) in [7, 11) is 0. The van der Waals surface area contributed by atoms with Crippen LogP contribution in [0.15, 0.2) is 24.3 Å². The standard InChI is InChI=1S/C15H21N3O3/c16-14(19)6-8-21-13-3-1-12(2-4-13)18-15(20)9-11-5-7-17-10-11/h1-4,11,17H,5-10H2,(H2,16,19)(H,18,20). The number of primary amides is 1. The smallest absolute Gasteiger partial charge is 0.224 e. The Morgan fingerprint density at radius 3 is 2.71 bits per heavy atom. The van der Waals surface area contributed by atoms with Gasteiger partial charge in [-0.2, -0.15) is 0 Å². The monoisotopic (exact) mass is 291 g/mol. The van der Waals surface area contributed by atoms with Gasteiger partial charge in [-0.15, -0.1) is 0 Å². The molecule has 114 valence electrons. The molecular formula is C15H21N3O3. The first kappa shape index (κ1) is 15.3. The quantitative estimate of drug-likeness (QED) is 0.695. The van der Waals surface area contributed by atoms with E-state index in [-0.39, 0.29) is 24.8 Å². The van der Waals surface area contributed by atoms with E-state index in [2.05, 4.69) is 10.6 Å². The summed E-state index contributed by atoms with van der Waals surface area (Å²) in [6.07, 6.45) is 1.79. The van der Waals surface area contributed by atoms with Gasteiger partial charge < -0.3 is 21.1 Å². The fraction of sp³-hybridized carbons (Fsp3) is 0.467. The van der Waals surface area contributed by atoms with Gasteiger partial charge in [-0.25, -0.2) is 0 Å². The van der Waals surface area contributed by atoms with E-state index in [4.69, 9.17) is 10.5 Å². The fourth-order valence-electron chi connectivity index (χ4n) is 2.27. The minimum atomic E-state index is -0.389. The van der Waals surface area contributed by atoms with Crippen LogP contribution in [0, 0.1) is 5.92 Å². The van der Waals surface area contributed by atoms with Gasteiger partial charge in [-0.05, 0) is 49.7 Å². The largest absolute Gasteiger partial charge is 0.493 e. The maximum atomic E-state index is 11.9. The van der Waals surface area contributed by atoms with Crippen LogP contribution in [0.4, 0.5) is 5.69 Å². The molecule has 1 heterocycles. The lowest BCUT2D eigenvalue weighted by atomic mass is 10.0. The summed E-state index contributed by atoms with van der Waals surface area (Å²) in [4.78, 5) is 22.5. The van der Waals surface area contributed by atoms with Crippen LogP contribution in [0.25, 0.3) is 0 Å². The van der Waals surface area contributed by atoms with Gasteiger partial charge in [0.1, 0.15) is 5.75 Å². The summed E-state index contributed by atoms with van der Waals surface area (Å²) in [5.41, 5.74) is 5.78. The van der Waals surface area contributed by atoms with Crippen molar-refractivity contribution >= 4 is 17.5 Å². The highest BCUT2D eigenvalue weighted by molar-refractivity contribution is 5.90. The van der Waals surface area contributed by atoms with Crippen LogP contribution in [0.3, 0.4) is 0 Å². The van der Waals surface area contributed by atoms with Crippen molar-refractivity contribution in [3.05, 3.63) is 24.3 Å². The zero-order valence-corrected chi connectivity index (χ0v) is 11.9. The normalized spacial score (nSPS) is 17.4. The lowest BCUT2D eigenvalue weighted by Crippen LogP contribution is -2.18. The first-order valence-electron chi connectivity index (χ1n) is 7.15. The lowest BCUT2D eigenvalue weighted by Gasteiger charge is -2.10. The van der Waals surface area contributed by atoms with Crippen LogP contribution >= 0.6 is 0 Å². The van der Waals surface area contributed by atoms with E-state index in [0.29, 0.717) is 18.1 Å². The molecule has 1 aromatic carbocycles. The van der Waals surface area contributed by atoms with E-state index >= 15 is 0 Å². The number of anilines is 1. The summed E-state index contributed by atoms with van der Waals surface area (Å²) >= 11 is 0. The molecule has 1 fully saturated rings. The minimum Gasteiger partial charge on any atom is -0.493 e. The molecule has 1 unspecified atom stereocenters. The summed E-state index contributed by atoms with van der Waals surface area (Å²) in [5.74, 6) is 0.724. The van der Waals surface area contributed by atoms with E-state index in [1.807, 2.05) is 0 Å². The van der Waals surface area contributed by atoms with Gasteiger partial charge in [0.15, 0.2) is 0 Å². The number of amides is 2. The molecule has 21 heavy (non-hydrogen) atoms. The summed E-state index contributed by atoms with van der Waals surface area (Å²) in [5, 5.41) is 6.12. The van der Waals surface area contributed by atoms with Crippen molar-refractivity contribution in [2.75, 3.05) is 25.0 Å². The van der Waals surface area contributed by atoms with Gasteiger partial charge >= 0.3 is 0 Å². The topological polar surface area (TPSA) is 93.5 Å². The molecule has 1 atom stereocenters. The second kappa shape index (κ2) is 7.64. The maximum Gasteiger partial charge on any atom is 0.224 e. The van der Waals surface area contributed by atoms with Gasteiger partial charge in [-0.3, -0.25) is 9.59 Å². The molecule has 1 aliphatic rings. The molecular weight excluding hydrogens is 270 g/mol. The molecule has 1 saturated heterocycles. The zero-order valence-electron chi connectivity index (χ0n) is 11.9. The lowest BCUT2D eigenvalue weighted by molar-refractivity contribution is -0.118. The second-order valence-corrected chi connectivity index (χ2v) is 5.20. The van der Waals surface area contributed by atoms with Gasteiger partial charge in [0.05, 0.1) is 13.0 Å². The van der Waals surface area contributed by atoms with Gasteiger partial charge in [-0.1, -0.05) is 0 Å². The molecule has 2 amide bonds. The molecule has 0 bridgehead atoms. The van der Waals surface area contributed by atoms with Crippen molar-refractivity contribution in [2.45, 2.75) is 19.3 Å². The zero-order chi connectivity index (χ0) is 15.1. The number of ether oxygens (including phenoxy) is 1. The summed E-state index contributed by atoms with van der Waals surface area (Å²) in [6, 6.07) is 7.08. The predicted octanol–water partition coefficient (Wildman–Crippen LogP) is 0.879. The number of nitrogens with one attached hydrogen (secondary N) is 2. The Bertz CT molecular complexity index is 481. The summed E-state index contributed by atoms with van der Waals surface area (Å²) in [6.45, 7) is 2.17. The number of hydrogen-bond acceptors (Lipinski definition) is 4. The van der Waals surface area contributed by atoms with Crippen LogP contribution in [-0.4, -0.2) is 31.5 Å². The molecule has 4 N–H and O–H groups in total. The highest BCUT2D eigenvalue weighted by atomic mass is 16.5. The second-order valence-electron chi connectivity index (χ2n) is 5.20. The van der Waals surface area contributed by atoms with Gasteiger partial charge in [0.2, 0.25) is 11.8 Å². The van der Waals surface area contributed by atoms with Crippen molar-refractivity contribution in [3.8, 4) is 5.75 Å². The maximum absolute atomic E-state index is 11.9. The van der Waals surface area contributed by atoms with Crippen LogP contribution in [-0.2, 0) is 9.59 Å². The first-order chi connectivity index (χ1) is 10.1. The first-order valence-corrected chi connectivity index (χ1v) is 7.15. The van der Waals surface area contributed by atoms with Gasteiger partial charge in [0.25, 0.3) is 0 Å². The van der Waals surface area contributed by atoms with Crippen molar-refractivity contribution < 1.29 is 14.3 Å². The third-order valence-electron chi connectivity index (χ3n) is 3.39. The van der Waals surface area contributed by atoms with Crippen LogP contribution in [0.5, 0.6) is 5.75 Å². The van der Waals surface area contributed by atoms with E-state index < -0.39 is 0 Å². The van der Waals surface area contributed by atoms with Crippen molar-refractivity contribution in [3.63, 3.8) is 0 Å². The molecule has 1 aromatic rings. The predicted molar refractivity (Wildman–Crippen MR) is 80.0 cm³/mol. The van der Waals surface area contributed by atoms with E-state index in [1.165, 1.54) is 0 Å². The minimum absolute atomic E-state index is 0.0334. The number of carbonyl (C=O) groups is 2. The Morgan fingerprint density at radius 2 is 2.10 bits per heavy atom. The van der Waals surface area contributed by atoms with Crippen molar-refractivity contribution in [2.24, 2.45) is 11.7 Å². The molecule has 0 saturated carbocycles. The Balaban J connectivity index is 1.75. The van der Waals surface area contributed by atoms with E-state index in [1.54, 1.807) is 24.3 Å². The number of carbonyl (C=O) groups excluding carboxylic acids is 2. The Labute approximate surface area is 124 Å². The third kappa shape index (κ3) is 5.43. The molecule has 0 aliphatic carbocycles. The number of hydrogen-bond donors (Lipinski definition) is 3. The Hall–Kier alpha value is -2.08. The third-order valence-corrected chi connectivity index (χ3v) is 3.39. The molecule has 0 spiro atoms. The SMILES string of the molecule is NC(=O)CCOc1ccc(NC(=O)CC2CCNC2)cc1. The van der Waals surface area contributed by atoms with Crippen LogP contribution < -0.4 is 21.1 Å². The highest BCUT2D eigenvalue weighted by Crippen LogP contribution is 2.18. The average Bonchev–Trinajstić information content (AvgIpc) is 2.93. The molecule has 0 aromatic heterocycles. The average molecular weight is 291 g/mol. The summed E-state index contributed by atoms with van der Waals surface area (Å²) < 4.78 is 5.36. The number of nitrogens with two attached hydrogens (primary N) is 1. The van der Waals surface area contributed by atoms with Crippen LogP contribution in [0.1, 0.15) is 19.3 Å². The van der Waals surface area contributed by atoms with E-state index in [0.717, 1.165) is 25.2 Å². The Kier molecular flexibility index (Phi) is 5.57. The van der Waals surface area contributed by atoms with Gasteiger partial charge in [0, 0.05) is 12.1 Å². The highest BCUT2D eigenvalue weighted by Gasteiger charge is 2.17. The van der Waals surface area contributed by atoms with Crippen molar-refractivity contribution in [1.82, 2.24) is 5.32 Å².